The van der Waals surface area contributed by atoms with Gasteiger partial charge in [-0.2, -0.15) is 18.2 Å². The lowest BCUT2D eigenvalue weighted by Crippen LogP contribution is -2.33. The zero-order valence-electron chi connectivity index (χ0n) is 23.4. The molecule has 2 aromatic heterocycles. The van der Waals surface area contributed by atoms with Crippen LogP contribution >= 0.6 is 0 Å². The van der Waals surface area contributed by atoms with E-state index in [9.17, 15) is 27.2 Å². The number of ether oxygens (including phenoxy) is 1. The Bertz CT molecular complexity index is 1800. The molecule has 226 valence electrons. The van der Waals surface area contributed by atoms with Crippen LogP contribution in [0.5, 0.6) is 5.75 Å². The molecule has 3 N–H and O–H groups in total. The van der Waals surface area contributed by atoms with Crippen LogP contribution in [-0.4, -0.2) is 46.2 Å². The number of anilines is 3. The first kappa shape index (κ1) is 30.0. The number of carbonyl (C=O) groups excluding carboxylic acids is 2. The summed E-state index contributed by atoms with van der Waals surface area (Å²) in [6, 6.07) is 20.9. The van der Waals surface area contributed by atoms with Gasteiger partial charge in [-0.05, 0) is 72.6 Å². The first-order chi connectivity index (χ1) is 21.0. The van der Waals surface area contributed by atoms with E-state index in [1.165, 1.54) is 37.4 Å². The van der Waals surface area contributed by atoms with E-state index in [-0.39, 0.29) is 29.0 Å². The van der Waals surface area contributed by atoms with Crippen LogP contribution in [0, 0.1) is 5.82 Å². The van der Waals surface area contributed by atoms with Gasteiger partial charge in [0.05, 0.1) is 18.7 Å². The Morgan fingerprint density at radius 3 is 2.34 bits per heavy atom. The number of alkyl halides is 3. The van der Waals surface area contributed by atoms with Crippen molar-refractivity contribution in [3.8, 4) is 16.9 Å². The molecule has 0 saturated carbocycles. The minimum absolute atomic E-state index is 0.00257. The summed E-state index contributed by atoms with van der Waals surface area (Å²) in [6.45, 7) is 0.305. The monoisotopic (exact) mass is 606 g/mol. The Labute approximate surface area is 248 Å². The third kappa shape index (κ3) is 7.12. The highest BCUT2D eigenvalue weighted by atomic mass is 19.4. The number of fused-ring (bicyclic) bond motifs is 1. The van der Waals surface area contributed by atoms with Crippen molar-refractivity contribution in [2.75, 3.05) is 24.3 Å². The quantitative estimate of drug-likeness (QED) is 0.170. The molecule has 0 unspecified atom stereocenters. The predicted octanol–water partition coefficient (Wildman–Crippen LogP) is 6.32. The molecule has 5 aromatic rings. The maximum atomic E-state index is 13.2. The van der Waals surface area contributed by atoms with Gasteiger partial charge in [0, 0.05) is 23.0 Å². The van der Waals surface area contributed by atoms with E-state index >= 15 is 0 Å². The molecule has 0 spiro atoms. The molecule has 5 rings (SSSR count). The predicted molar refractivity (Wildman–Crippen MR) is 157 cm³/mol. The number of rotatable bonds is 9. The maximum Gasteiger partial charge on any atom is 0.405 e. The van der Waals surface area contributed by atoms with Crippen LogP contribution in [0.15, 0.2) is 85.1 Å². The summed E-state index contributed by atoms with van der Waals surface area (Å²) in [6.07, 6.45) is -2.74. The first-order valence-electron chi connectivity index (χ1n) is 13.3. The second-order valence-electron chi connectivity index (χ2n) is 9.83. The van der Waals surface area contributed by atoms with Crippen molar-refractivity contribution in [1.29, 1.82) is 0 Å². The normalized spacial score (nSPS) is 12.0. The summed E-state index contributed by atoms with van der Waals surface area (Å²) < 4.78 is 57.4. The molecule has 3 aromatic carbocycles. The summed E-state index contributed by atoms with van der Waals surface area (Å²) >= 11 is 0. The van der Waals surface area contributed by atoms with Gasteiger partial charge in [-0.15, -0.1) is 5.10 Å². The van der Waals surface area contributed by atoms with E-state index in [0.29, 0.717) is 22.6 Å². The van der Waals surface area contributed by atoms with Crippen molar-refractivity contribution in [2.45, 2.75) is 19.0 Å². The van der Waals surface area contributed by atoms with Crippen molar-refractivity contribution >= 4 is 34.8 Å². The molecule has 2 heterocycles. The first-order valence-corrected chi connectivity index (χ1v) is 13.3. The van der Waals surface area contributed by atoms with E-state index in [1.54, 1.807) is 48.0 Å². The standard InChI is InChI=1S/C31H26F4N6O3/c1-18(19-3-9-23(32)10-4-19)28(42)37-24-11-5-20(6-12-24)22-8-14-27-39-30(40-41(27)16-22)38-25-13-7-21(15-26(25)44-2)29(43)36-17-31(33,34)35/h3-16,18H,17H2,1-2H3,(H,36,43)(H,37,42)(H,38,40)/t18-/m0/s1. The molecule has 0 aliphatic rings. The largest absolute Gasteiger partial charge is 0.495 e. The average molecular weight is 607 g/mol. The Morgan fingerprint density at radius 2 is 1.66 bits per heavy atom. The fraction of sp³-hybridized carbons (Fsp3) is 0.161. The van der Waals surface area contributed by atoms with Crippen molar-refractivity contribution in [3.63, 3.8) is 0 Å². The third-order valence-electron chi connectivity index (χ3n) is 6.74. The molecule has 0 aliphatic heterocycles. The number of benzene rings is 3. The molecule has 0 radical (unpaired) electrons. The van der Waals surface area contributed by atoms with Crippen molar-refractivity contribution in [1.82, 2.24) is 19.9 Å². The molecule has 2 amide bonds. The highest BCUT2D eigenvalue weighted by Gasteiger charge is 2.28. The van der Waals surface area contributed by atoms with E-state index < -0.39 is 24.5 Å². The minimum Gasteiger partial charge on any atom is -0.495 e. The van der Waals surface area contributed by atoms with E-state index in [4.69, 9.17) is 4.74 Å². The molecule has 0 bridgehead atoms. The van der Waals surface area contributed by atoms with Crippen LogP contribution in [-0.2, 0) is 4.79 Å². The number of pyridine rings is 1. The number of hydrogen-bond donors (Lipinski definition) is 3. The minimum atomic E-state index is -4.52. The van der Waals surface area contributed by atoms with Crippen molar-refractivity contribution in [3.05, 3.63) is 102 Å². The Hall–Kier alpha value is -5.46. The molecule has 0 aliphatic carbocycles. The number of halogens is 4. The van der Waals surface area contributed by atoms with Crippen LogP contribution in [0.1, 0.15) is 28.8 Å². The number of nitrogens with one attached hydrogen (secondary N) is 3. The van der Waals surface area contributed by atoms with Gasteiger partial charge in [0.2, 0.25) is 11.9 Å². The van der Waals surface area contributed by atoms with E-state index in [0.717, 1.165) is 11.1 Å². The highest BCUT2D eigenvalue weighted by molar-refractivity contribution is 5.96. The van der Waals surface area contributed by atoms with Gasteiger partial charge >= 0.3 is 6.18 Å². The fourth-order valence-corrected chi connectivity index (χ4v) is 4.34. The third-order valence-corrected chi connectivity index (χ3v) is 6.74. The Morgan fingerprint density at radius 1 is 0.955 bits per heavy atom. The maximum absolute atomic E-state index is 13.2. The van der Waals surface area contributed by atoms with Gasteiger partial charge in [0.1, 0.15) is 18.1 Å². The van der Waals surface area contributed by atoms with Gasteiger partial charge in [-0.3, -0.25) is 9.59 Å². The lowest BCUT2D eigenvalue weighted by atomic mass is 10.00. The SMILES string of the molecule is COc1cc(C(=O)NCC(F)(F)F)ccc1Nc1nc2ccc(-c3ccc(NC(=O)[C@@H](C)c4ccc(F)cc4)cc3)cn2n1. The van der Waals surface area contributed by atoms with Crippen LogP contribution in [0.2, 0.25) is 0 Å². The lowest BCUT2D eigenvalue weighted by molar-refractivity contribution is -0.123. The summed E-state index contributed by atoms with van der Waals surface area (Å²) in [5, 5.41) is 12.2. The van der Waals surface area contributed by atoms with Crippen LogP contribution < -0.4 is 20.7 Å². The topological polar surface area (TPSA) is 110 Å². The molecule has 1 atom stereocenters. The van der Waals surface area contributed by atoms with Gasteiger partial charge in [0.25, 0.3) is 5.91 Å². The zero-order chi connectivity index (χ0) is 31.4. The van der Waals surface area contributed by atoms with Crippen LogP contribution in [0.3, 0.4) is 0 Å². The number of methoxy groups -OCH3 is 1. The highest BCUT2D eigenvalue weighted by Crippen LogP contribution is 2.29. The number of aromatic nitrogens is 3. The molecular weight excluding hydrogens is 580 g/mol. The average Bonchev–Trinajstić information content (AvgIpc) is 3.41. The van der Waals surface area contributed by atoms with E-state index in [1.807, 2.05) is 23.5 Å². The smallest absolute Gasteiger partial charge is 0.405 e. The molecular formula is C31H26F4N6O3. The summed E-state index contributed by atoms with van der Waals surface area (Å²) in [4.78, 5) is 29.2. The number of hydrogen-bond acceptors (Lipinski definition) is 6. The van der Waals surface area contributed by atoms with Gasteiger partial charge in [0.15, 0.2) is 5.65 Å². The molecule has 44 heavy (non-hydrogen) atoms. The Kier molecular flexibility index (Phi) is 8.47. The zero-order valence-corrected chi connectivity index (χ0v) is 23.4. The number of amides is 2. The summed E-state index contributed by atoms with van der Waals surface area (Å²) in [5.41, 5.74) is 3.95. The molecule has 13 heteroatoms. The second kappa shape index (κ2) is 12.4. The summed E-state index contributed by atoms with van der Waals surface area (Å²) in [7, 11) is 1.37. The Balaban J connectivity index is 1.26. The molecule has 0 fully saturated rings. The molecule has 9 nitrogen and oxygen atoms in total. The van der Waals surface area contributed by atoms with Gasteiger partial charge < -0.3 is 20.7 Å². The van der Waals surface area contributed by atoms with Crippen LogP contribution in [0.4, 0.5) is 34.9 Å². The van der Waals surface area contributed by atoms with Gasteiger partial charge in [-0.25, -0.2) is 8.91 Å². The summed E-state index contributed by atoms with van der Waals surface area (Å²) in [5.74, 6) is -1.50. The second-order valence-corrected chi connectivity index (χ2v) is 9.83. The molecule has 0 saturated heterocycles. The van der Waals surface area contributed by atoms with Crippen molar-refractivity contribution in [2.24, 2.45) is 0 Å². The van der Waals surface area contributed by atoms with E-state index in [2.05, 4.69) is 20.7 Å². The number of carbonyl (C=O) groups is 2. The van der Waals surface area contributed by atoms with Crippen molar-refractivity contribution < 1.29 is 31.9 Å². The van der Waals surface area contributed by atoms with Gasteiger partial charge in [-0.1, -0.05) is 24.3 Å². The fourth-order valence-electron chi connectivity index (χ4n) is 4.34. The van der Waals surface area contributed by atoms with Crippen LogP contribution in [0.25, 0.3) is 16.8 Å². The lowest BCUT2D eigenvalue weighted by Gasteiger charge is -2.13. The number of nitrogens with zero attached hydrogens (tertiary/aromatic N) is 3.